The minimum atomic E-state index is -1.18. The van der Waals surface area contributed by atoms with Crippen LogP contribution in [0.15, 0.2) is 22.7 Å². The molecule has 1 aromatic carbocycles. The minimum absolute atomic E-state index is 0.0705. The maximum Gasteiger partial charge on any atom is 0.320 e. The van der Waals surface area contributed by atoms with Gasteiger partial charge in [0.05, 0.1) is 4.92 Å². The number of carboxylic acid groups (broad SMARTS) is 1. The molecule has 1 aromatic rings. The van der Waals surface area contributed by atoms with Gasteiger partial charge in [-0.2, -0.15) is 0 Å². The number of hydrogen-bond acceptors (Lipinski definition) is 4. The lowest BCUT2D eigenvalue weighted by atomic mass is 10.0. The topological polar surface area (TPSA) is 106 Å². The van der Waals surface area contributed by atoms with E-state index in [1.165, 1.54) is 12.1 Å². The first-order valence-electron chi connectivity index (χ1n) is 4.33. The van der Waals surface area contributed by atoms with Crippen LogP contribution in [-0.4, -0.2) is 22.0 Å². The lowest BCUT2D eigenvalue weighted by molar-refractivity contribution is -0.385. The maximum absolute atomic E-state index is 10.7. The SMILES string of the molecule is NC(Cc1ccc(Br)cc1[N+](=O)[O-])C(=O)O. The van der Waals surface area contributed by atoms with E-state index in [0.29, 0.717) is 10.0 Å². The van der Waals surface area contributed by atoms with Gasteiger partial charge in [0.25, 0.3) is 5.69 Å². The molecule has 0 saturated carbocycles. The van der Waals surface area contributed by atoms with E-state index < -0.39 is 16.9 Å². The van der Waals surface area contributed by atoms with Crippen LogP contribution in [0.25, 0.3) is 0 Å². The number of aliphatic carboxylic acids is 1. The summed E-state index contributed by atoms with van der Waals surface area (Å²) in [6.07, 6.45) is -0.0705. The van der Waals surface area contributed by atoms with Gasteiger partial charge in [-0.1, -0.05) is 22.0 Å². The van der Waals surface area contributed by atoms with E-state index in [9.17, 15) is 14.9 Å². The number of carboxylic acids is 1. The maximum atomic E-state index is 10.7. The molecular formula is C9H9BrN2O4. The molecule has 0 radical (unpaired) electrons. The third-order valence-corrected chi connectivity index (χ3v) is 2.49. The molecule has 0 aliphatic rings. The van der Waals surface area contributed by atoms with Crippen molar-refractivity contribution in [2.24, 2.45) is 5.73 Å². The molecule has 3 N–H and O–H groups in total. The highest BCUT2D eigenvalue weighted by Gasteiger charge is 2.19. The van der Waals surface area contributed by atoms with Gasteiger partial charge < -0.3 is 10.8 Å². The van der Waals surface area contributed by atoms with Crippen molar-refractivity contribution in [3.05, 3.63) is 38.3 Å². The van der Waals surface area contributed by atoms with E-state index in [4.69, 9.17) is 10.8 Å². The van der Waals surface area contributed by atoms with Crippen molar-refractivity contribution in [1.29, 1.82) is 0 Å². The lowest BCUT2D eigenvalue weighted by Gasteiger charge is -2.07. The van der Waals surface area contributed by atoms with Crippen LogP contribution in [-0.2, 0) is 11.2 Å². The highest BCUT2D eigenvalue weighted by Crippen LogP contribution is 2.24. The summed E-state index contributed by atoms with van der Waals surface area (Å²) >= 11 is 3.11. The number of carbonyl (C=O) groups is 1. The molecule has 0 amide bonds. The second kappa shape index (κ2) is 5.04. The van der Waals surface area contributed by atoms with Crippen LogP contribution in [0.3, 0.4) is 0 Å². The van der Waals surface area contributed by atoms with Crippen LogP contribution in [0.4, 0.5) is 5.69 Å². The minimum Gasteiger partial charge on any atom is -0.480 e. The van der Waals surface area contributed by atoms with Gasteiger partial charge in [0, 0.05) is 22.5 Å². The van der Waals surface area contributed by atoms with Crippen LogP contribution < -0.4 is 5.73 Å². The number of nitrogens with zero attached hydrogens (tertiary/aromatic N) is 1. The first-order valence-corrected chi connectivity index (χ1v) is 5.12. The number of rotatable bonds is 4. The summed E-state index contributed by atoms with van der Waals surface area (Å²) in [6, 6.07) is 3.28. The Morgan fingerprint density at radius 1 is 1.62 bits per heavy atom. The fraction of sp³-hybridized carbons (Fsp3) is 0.222. The van der Waals surface area contributed by atoms with Crippen LogP contribution >= 0.6 is 15.9 Å². The van der Waals surface area contributed by atoms with Gasteiger partial charge in [-0.3, -0.25) is 14.9 Å². The molecule has 6 nitrogen and oxygen atoms in total. The van der Waals surface area contributed by atoms with Crippen LogP contribution in [0.5, 0.6) is 0 Å². The molecule has 0 heterocycles. The van der Waals surface area contributed by atoms with Crippen molar-refractivity contribution in [2.45, 2.75) is 12.5 Å². The van der Waals surface area contributed by atoms with Crippen LogP contribution in [0.1, 0.15) is 5.56 Å². The van der Waals surface area contributed by atoms with E-state index in [1.807, 2.05) is 0 Å². The van der Waals surface area contributed by atoms with Gasteiger partial charge in [0.1, 0.15) is 6.04 Å². The smallest absolute Gasteiger partial charge is 0.320 e. The molecule has 7 heteroatoms. The van der Waals surface area contributed by atoms with E-state index in [0.717, 1.165) is 0 Å². The van der Waals surface area contributed by atoms with Crippen molar-refractivity contribution >= 4 is 27.6 Å². The van der Waals surface area contributed by atoms with Crippen molar-refractivity contribution in [3.8, 4) is 0 Å². The van der Waals surface area contributed by atoms with Gasteiger partial charge in [-0.15, -0.1) is 0 Å². The molecule has 16 heavy (non-hydrogen) atoms. The van der Waals surface area contributed by atoms with E-state index in [2.05, 4.69) is 15.9 Å². The van der Waals surface area contributed by atoms with Gasteiger partial charge in [-0.05, 0) is 6.07 Å². The molecule has 0 aliphatic heterocycles. The Labute approximate surface area is 99.3 Å². The number of benzene rings is 1. The largest absolute Gasteiger partial charge is 0.480 e. The predicted octanol–water partition coefficient (Wildman–Crippen LogP) is 1.31. The zero-order valence-corrected chi connectivity index (χ0v) is 9.68. The average Bonchev–Trinajstić information content (AvgIpc) is 2.20. The van der Waals surface area contributed by atoms with Crippen molar-refractivity contribution in [2.75, 3.05) is 0 Å². The number of nitro benzene ring substituents is 1. The summed E-state index contributed by atoms with van der Waals surface area (Å²) in [7, 11) is 0. The zero-order chi connectivity index (χ0) is 12.3. The van der Waals surface area contributed by atoms with Crippen LogP contribution in [0.2, 0.25) is 0 Å². The molecule has 1 atom stereocenters. The summed E-state index contributed by atoms with van der Waals surface area (Å²) in [4.78, 5) is 20.7. The van der Waals surface area contributed by atoms with Gasteiger partial charge in [0.15, 0.2) is 0 Å². The zero-order valence-electron chi connectivity index (χ0n) is 8.09. The Bertz CT molecular complexity index is 436. The molecule has 0 spiro atoms. The van der Waals surface area contributed by atoms with Crippen molar-refractivity contribution in [3.63, 3.8) is 0 Å². The van der Waals surface area contributed by atoms with Crippen molar-refractivity contribution in [1.82, 2.24) is 0 Å². The second-order valence-electron chi connectivity index (χ2n) is 3.18. The normalized spacial score (nSPS) is 12.1. The third kappa shape index (κ3) is 3.01. The van der Waals surface area contributed by atoms with E-state index >= 15 is 0 Å². The summed E-state index contributed by atoms with van der Waals surface area (Å²) in [6.45, 7) is 0. The summed E-state index contributed by atoms with van der Waals surface area (Å²) < 4.78 is 0.562. The molecular weight excluding hydrogens is 280 g/mol. The molecule has 0 bridgehead atoms. The molecule has 0 aromatic heterocycles. The summed E-state index contributed by atoms with van der Waals surface area (Å²) in [5.41, 5.74) is 5.50. The quantitative estimate of drug-likeness (QED) is 0.642. The number of nitrogens with two attached hydrogens (primary N) is 1. The Kier molecular flexibility index (Phi) is 3.97. The fourth-order valence-corrected chi connectivity index (χ4v) is 1.55. The first kappa shape index (κ1) is 12.6. The number of hydrogen-bond donors (Lipinski definition) is 2. The van der Waals surface area contributed by atoms with E-state index in [1.54, 1.807) is 6.07 Å². The van der Waals surface area contributed by atoms with E-state index in [-0.39, 0.29) is 12.1 Å². The van der Waals surface area contributed by atoms with Gasteiger partial charge in [0.2, 0.25) is 0 Å². The Balaban J connectivity index is 3.04. The summed E-state index contributed by atoms with van der Waals surface area (Å²) in [5.74, 6) is -1.18. The molecule has 0 aliphatic carbocycles. The van der Waals surface area contributed by atoms with Gasteiger partial charge in [-0.25, -0.2) is 0 Å². The lowest BCUT2D eigenvalue weighted by Crippen LogP contribution is -2.32. The third-order valence-electron chi connectivity index (χ3n) is 2.00. The standard InChI is InChI=1S/C9H9BrN2O4/c10-6-2-1-5(3-7(11)9(13)14)8(4-6)12(15)16/h1-2,4,7H,3,11H2,(H,13,14). The summed E-state index contributed by atoms with van der Waals surface area (Å²) in [5, 5.41) is 19.3. The number of halogens is 1. The molecule has 0 saturated heterocycles. The second-order valence-corrected chi connectivity index (χ2v) is 4.09. The monoisotopic (exact) mass is 288 g/mol. The molecule has 1 unspecified atom stereocenters. The van der Waals surface area contributed by atoms with Gasteiger partial charge >= 0.3 is 5.97 Å². The Morgan fingerprint density at radius 3 is 2.75 bits per heavy atom. The van der Waals surface area contributed by atoms with Crippen molar-refractivity contribution < 1.29 is 14.8 Å². The first-order chi connectivity index (χ1) is 7.41. The Hall–Kier alpha value is -1.47. The molecule has 0 fully saturated rings. The molecule has 86 valence electrons. The highest BCUT2D eigenvalue weighted by molar-refractivity contribution is 9.10. The predicted molar refractivity (Wildman–Crippen MR) is 60.1 cm³/mol. The molecule has 1 rings (SSSR count). The number of nitro groups is 1. The van der Waals surface area contributed by atoms with Crippen LogP contribution in [0, 0.1) is 10.1 Å². The highest BCUT2D eigenvalue weighted by atomic mass is 79.9. The fourth-order valence-electron chi connectivity index (χ4n) is 1.20. The average molecular weight is 289 g/mol. The Morgan fingerprint density at radius 2 is 2.25 bits per heavy atom.